The van der Waals surface area contributed by atoms with E-state index in [0.29, 0.717) is 13.2 Å². The van der Waals surface area contributed by atoms with Crippen molar-refractivity contribution < 1.29 is 17.9 Å². The van der Waals surface area contributed by atoms with Gasteiger partial charge in [0, 0.05) is 20.0 Å². The molecule has 0 bridgehead atoms. The summed E-state index contributed by atoms with van der Waals surface area (Å²) < 4.78 is 31.6. The van der Waals surface area contributed by atoms with Crippen LogP contribution in [-0.4, -0.2) is 44.9 Å². The molecule has 0 aliphatic carbocycles. The van der Waals surface area contributed by atoms with Gasteiger partial charge >= 0.3 is 0 Å². The van der Waals surface area contributed by atoms with Crippen molar-refractivity contribution in [2.24, 2.45) is 0 Å². The minimum absolute atomic E-state index is 0.0990. The fourth-order valence-corrected chi connectivity index (χ4v) is 5.00. The van der Waals surface area contributed by atoms with Gasteiger partial charge in [-0.15, -0.1) is 11.3 Å². The lowest BCUT2D eigenvalue weighted by Gasteiger charge is -2.25. The van der Waals surface area contributed by atoms with E-state index in [1.54, 1.807) is 11.4 Å². The SMILES string of the molecule is CN(CC(=O)NC[C@@H]1Cc2ccccc2CO1)S(=O)(=O)c1cccs1. The highest BCUT2D eigenvalue weighted by Gasteiger charge is 2.24. The van der Waals surface area contributed by atoms with Gasteiger partial charge in [0.25, 0.3) is 10.0 Å². The van der Waals surface area contributed by atoms with E-state index in [1.165, 1.54) is 24.2 Å². The van der Waals surface area contributed by atoms with Crippen LogP contribution < -0.4 is 5.32 Å². The number of carbonyl (C=O) groups excluding carboxylic acids is 1. The summed E-state index contributed by atoms with van der Waals surface area (Å²) in [7, 11) is -2.21. The van der Waals surface area contributed by atoms with Crippen molar-refractivity contribution in [1.82, 2.24) is 9.62 Å². The molecular weight excluding hydrogens is 360 g/mol. The molecule has 2 heterocycles. The molecule has 0 spiro atoms. The van der Waals surface area contributed by atoms with Crippen molar-refractivity contribution in [2.45, 2.75) is 23.3 Å². The summed E-state index contributed by atoms with van der Waals surface area (Å²) in [5.74, 6) is -0.343. The number of nitrogens with one attached hydrogen (secondary N) is 1. The highest BCUT2D eigenvalue weighted by molar-refractivity contribution is 7.91. The predicted octanol–water partition coefficient (Wildman–Crippen LogP) is 1.63. The van der Waals surface area contributed by atoms with Crippen LogP contribution in [0.1, 0.15) is 11.1 Å². The van der Waals surface area contributed by atoms with E-state index in [4.69, 9.17) is 4.74 Å². The number of rotatable bonds is 6. The van der Waals surface area contributed by atoms with Gasteiger partial charge < -0.3 is 10.1 Å². The van der Waals surface area contributed by atoms with E-state index in [9.17, 15) is 13.2 Å². The number of sulfonamides is 1. The molecule has 1 aromatic heterocycles. The number of carbonyl (C=O) groups is 1. The van der Waals surface area contributed by atoms with Crippen LogP contribution in [-0.2, 0) is 32.6 Å². The summed E-state index contributed by atoms with van der Waals surface area (Å²) in [5.41, 5.74) is 2.40. The normalized spacial score (nSPS) is 17.3. The van der Waals surface area contributed by atoms with Crippen molar-refractivity contribution in [1.29, 1.82) is 0 Å². The number of hydrogen-bond acceptors (Lipinski definition) is 5. The number of nitrogens with zero attached hydrogens (tertiary/aromatic N) is 1. The minimum atomic E-state index is -3.61. The molecule has 134 valence electrons. The molecule has 1 aliphatic heterocycles. The average Bonchev–Trinajstić information content (AvgIpc) is 3.15. The lowest BCUT2D eigenvalue weighted by molar-refractivity contribution is -0.121. The zero-order valence-corrected chi connectivity index (χ0v) is 15.5. The maximum atomic E-state index is 12.3. The first-order valence-electron chi connectivity index (χ1n) is 7.92. The van der Waals surface area contributed by atoms with Crippen molar-refractivity contribution in [3.05, 3.63) is 52.9 Å². The summed E-state index contributed by atoms with van der Waals surface area (Å²) in [6.45, 7) is 0.674. The number of benzene rings is 1. The monoisotopic (exact) mass is 380 g/mol. The summed E-state index contributed by atoms with van der Waals surface area (Å²) >= 11 is 1.13. The van der Waals surface area contributed by atoms with Gasteiger partial charge in [-0.25, -0.2) is 8.42 Å². The topological polar surface area (TPSA) is 75.7 Å². The highest BCUT2D eigenvalue weighted by Crippen LogP contribution is 2.20. The van der Waals surface area contributed by atoms with Crippen LogP contribution in [0.25, 0.3) is 0 Å². The second-order valence-corrected chi connectivity index (χ2v) is 9.12. The van der Waals surface area contributed by atoms with Gasteiger partial charge in [-0.2, -0.15) is 4.31 Å². The molecule has 1 N–H and O–H groups in total. The molecule has 1 amide bonds. The van der Waals surface area contributed by atoms with Gasteiger partial charge in [0.2, 0.25) is 5.91 Å². The van der Waals surface area contributed by atoms with E-state index in [0.717, 1.165) is 22.1 Å². The molecule has 8 heteroatoms. The maximum absolute atomic E-state index is 12.3. The summed E-state index contributed by atoms with van der Waals surface area (Å²) in [5, 5.41) is 4.46. The number of ether oxygens (including phenoxy) is 1. The van der Waals surface area contributed by atoms with Crippen molar-refractivity contribution in [3.8, 4) is 0 Å². The van der Waals surface area contributed by atoms with E-state index in [-0.39, 0.29) is 22.8 Å². The van der Waals surface area contributed by atoms with Crippen LogP contribution in [0.4, 0.5) is 0 Å². The Labute approximate surface area is 151 Å². The number of amides is 1. The minimum Gasteiger partial charge on any atom is -0.371 e. The van der Waals surface area contributed by atoms with Gasteiger partial charge in [0.15, 0.2) is 0 Å². The second kappa shape index (κ2) is 7.65. The van der Waals surface area contributed by atoms with Gasteiger partial charge in [-0.05, 0) is 22.6 Å². The molecule has 0 fully saturated rings. The van der Waals surface area contributed by atoms with E-state index < -0.39 is 10.0 Å². The fraction of sp³-hybridized carbons (Fsp3) is 0.353. The fourth-order valence-electron chi connectivity index (χ4n) is 2.68. The third kappa shape index (κ3) is 4.27. The van der Waals surface area contributed by atoms with Crippen molar-refractivity contribution in [2.75, 3.05) is 20.1 Å². The summed E-state index contributed by atoms with van der Waals surface area (Å²) in [6, 6.07) is 11.3. The van der Waals surface area contributed by atoms with E-state index in [2.05, 4.69) is 11.4 Å². The third-order valence-electron chi connectivity index (χ3n) is 4.09. The number of thiophene rings is 1. The Morgan fingerprint density at radius 1 is 1.28 bits per heavy atom. The Morgan fingerprint density at radius 3 is 2.76 bits per heavy atom. The molecule has 1 aliphatic rings. The molecule has 1 aromatic carbocycles. The zero-order valence-electron chi connectivity index (χ0n) is 13.8. The average molecular weight is 380 g/mol. The Balaban J connectivity index is 1.50. The molecule has 1 atom stereocenters. The highest BCUT2D eigenvalue weighted by atomic mass is 32.2. The van der Waals surface area contributed by atoms with Gasteiger partial charge in [0.05, 0.1) is 19.3 Å². The summed E-state index contributed by atoms with van der Waals surface area (Å²) in [6.07, 6.45) is 0.637. The van der Waals surface area contributed by atoms with Gasteiger partial charge in [0.1, 0.15) is 4.21 Å². The Kier molecular flexibility index (Phi) is 5.53. The predicted molar refractivity (Wildman–Crippen MR) is 95.9 cm³/mol. The summed E-state index contributed by atoms with van der Waals surface area (Å²) in [4.78, 5) is 12.1. The molecular formula is C17H20N2O4S2. The number of likely N-dealkylation sites (N-methyl/N-ethyl adjacent to an activating group) is 1. The standard InChI is InChI=1S/C17H20N2O4S2/c1-19(25(21,22)17-7-4-8-24-17)11-16(20)18-10-15-9-13-5-2-3-6-14(13)12-23-15/h2-8,15H,9-12H2,1H3,(H,18,20)/t15-/m0/s1. The first kappa shape index (κ1) is 18.1. The molecule has 0 unspecified atom stereocenters. The Bertz CT molecular complexity index is 834. The van der Waals surface area contributed by atoms with Crippen LogP contribution in [0.2, 0.25) is 0 Å². The second-order valence-electron chi connectivity index (χ2n) is 5.90. The van der Waals surface area contributed by atoms with E-state index in [1.807, 2.05) is 18.2 Å². The van der Waals surface area contributed by atoms with Crippen LogP contribution in [0.5, 0.6) is 0 Å². The van der Waals surface area contributed by atoms with Crippen molar-refractivity contribution >= 4 is 27.3 Å². The molecule has 0 radical (unpaired) electrons. The van der Waals surface area contributed by atoms with Crippen molar-refractivity contribution in [3.63, 3.8) is 0 Å². The Hall–Kier alpha value is -1.74. The van der Waals surface area contributed by atoms with Crippen LogP contribution in [0.3, 0.4) is 0 Å². The van der Waals surface area contributed by atoms with E-state index >= 15 is 0 Å². The number of hydrogen-bond donors (Lipinski definition) is 1. The largest absolute Gasteiger partial charge is 0.371 e. The quantitative estimate of drug-likeness (QED) is 0.826. The zero-order chi connectivity index (χ0) is 17.9. The molecule has 2 aromatic rings. The first-order chi connectivity index (χ1) is 12.0. The lowest BCUT2D eigenvalue weighted by Crippen LogP contribution is -2.42. The molecule has 25 heavy (non-hydrogen) atoms. The molecule has 0 saturated carbocycles. The maximum Gasteiger partial charge on any atom is 0.252 e. The molecule has 6 nitrogen and oxygen atoms in total. The number of fused-ring (bicyclic) bond motifs is 1. The third-order valence-corrected chi connectivity index (χ3v) is 7.27. The molecule has 3 rings (SSSR count). The van der Waals surface area contributed by atoms with Crippen LogP contribution in [0.15, 0.2) is 46.0 Å². The molecule has 0 saturated heterocycles. The first-order valence-corrected chi connectivity index (χ1v) is 10.2. The van der Waals surface area contributed by atoms with Gasteiger partial charge in [-0.1, -0.05) is 30.3 Å². The smallest absolute Gasteiger partial charge is 0.252 e. The Morgan fingerprint density at radius 2 is 2.04 bits per heavy atom. The van der Waals surface area contributed by atoms with Crippen LogP contribution >= 0.6 is 11.3 Å². The lowest BCUT2D eigenvalue weighted by atomic mass is 9.99. The van der Waals surface area contributed by atoms with Crippen LogP contribution in [0, 0.1) is 0 Å². The van der Waals surface area contributed by atoms with Gasteiger partial charge in [-0.3, -0.25) is 4.79 Å².